The Labute approximate surface area is 75.3 Å². The average molecular weight is 161 g/mol. The van der Waals surface area contributed by atoms with Gasteiger partial charge in [-0.3, -0.25) is 0 Å². The van der Waals surface area contributed by atoms with Crippen LogP contribution < -0.4 is 0 Å². The van der Waals surface area contributed by atoms with E-state index in [2.05, 4.69) is 0 Å². The maximum atomic E-state index is 7.32. The van der Waals surface area contributed by atoms with Crippen LogP contribution in [0.25, 0.3) is 0 Å². The quantitative estimate of drug-likeness (QED) is 0.554. The summed E-state index contributed by atoms with van der Waals surface area (Å²) < 4.78 is 43.9. The van der Waals surface area contributed by atoms with E-state index in [-0.39, 0.29) is 5.56 Å². The molecule has 0 amide bonds. The summed E-state index contributed by atoms with van der Waals surface area (Å²) in [6, 6.07) is 7.60. The van der Waals surface area contributed by atoms with Gasteiger partial charge in [0.15, 0.2) is 0 Å². The third-order valence-electron chi connectivity index (χ3n) is 1.17. The molecule has 0 bridgehead atoms. The molecule has 10 heavy (non-hydrogen) atoms. The smallest absolute Gasteiger partial charge is 0.0638 e. The molecule has 54 valence electrons. The fourth-order valence-electron chi connectivity index (χ4n) is 0.668. The van der Waals surface area contributed by atoms with E-state index in [1.54, 1.807) is 18.2 Å². The minimum Gasteiger partial charge on any atom is -0.115 e. The molecule has 0 nitrogen and oxygen atoms in total. The Bertz CT molecular complexity index is 339. The van der Waals surface area contributed by atoms with Crippen molar-refractivity contribution in [3.8, 4) is 0 Å². The highest BCUT2D eigenvalue weighted by Crippen LogP contribution is 2.26. The molecule has 0 saturated carbocycles. The van der Waals surface area contributed by atoms with Crippen LogP contribution in [0.1, 0.15) is 27.5 Å². The molecule has 0 unspecified atom stereocenters. The van der Waals surface area contributed by atoms with Crippen molar-refractivity contribution < 1.29 is 8.22 Å². The van der Waals surface area contributed by atoms with E-state index in [0.717, 1.165) is 0 Å². The Hall–Kier alpha value is -0.490. The van der Waals surface area contributed by atoms with Gasteiger partial charge in [-0.2, -0.15) is 0 Å². The lowest BCUT2D eigenvalue weighted by molar-refractivity contribution is 0.766. The SMILES string of the molecule is [2H]C([2H])([2H])C(Cl)(c1ccccc1)C([2H])([2H])[2H]. The summed E-state index contributed by atoms with van der Waals surface area (Å²) in [6.45, 7) is -5.61. The number of benzene rings is 1. The highest BCUT2D eigenvalue weighted by Gasteiger charge is 2.14. The fraction of sp³-hybridized carbons (Fsp3) is 0.333. The van der Waals surface area contributed by atoms with Crippen LogP contribution in [0.2, 0.25) is 0 Å². The molecule has 0 aliphatic carbocycles. The van der Waals surface area contributed by atoms with Gasteiger partial charge in [-0.1, -0.05) is 30.3 Å². The Morgan fingerprint density at radius 2 is 1.90 bits per heavy atom. The van der Waals surface area contributed by atoms with E-state index < -0.39 is 18.6 Å². The second-order valence-corrected chi connectivity index (χ2v) is 2.59. The zero-order valence-electron chi connectivity index (χ0n) is 11.3. The Morgan fingerprint density at radius 1 is 1.30 bits per heavy atom. The van der Waals surface area contributed by atoms with Gasteiger partial charge in [-0.15, -0.1) is 11.6 Å². The second kappa shape index (κ2) is 2.63. The molecule has 0 spiro atoms. The van der Waals surface area contributed by atoms with Crippen molar-refractivity contribution in [3.63, 3.8) is 0 Å². The first-order valence-electron chi connectivity index (χ1n) is 5.85. The van der Waals surface area contributed by atoms with Gasteiger partial charge < -0.3 is 0 Å². The van der Waals surface area contributed by atoms with E-state index in [1.165, 1.54) is 12.1 Å². The van der Waals surface area contributed by atoms with Crippen LogP contribution in [-0.4, -0.2) is 0 Å². The molecule has 1 aromatic carbocycles. The first kappa shape index (κ1) is 2.86. The Morgan fingerprint density at radius 3 is 2.40 bits per heavy atom. The summed E-state index contributed by atoms with van der Waals surface area (Å²) in [5.41, 5.74) is 0.0802. The number of alkyl halides is 1. The van der Waals surface area contributed by atoms with Crippen molar-refractivity contribution in [2.45, 2.75) is 18.6 Å². The van der Waals surface area contributed by atoms with E-state index in [4.69, 9.17) is 19.8 Å². The van der Waals surface area contributed by atoms with Gasteiger partial charge in [0.1, 0.15) is 0 Å². The first-order valence-corrected chi connectivity index (χ1v) is 3.23. The molecule has 1 aromatic rings. The van der Waals surface area contributed by atoms with Gasteiger partial charge in [0, 0.05) is 8.22 Å². The van der Waals surface area contributed by atoms with Crippen molar-refractivity contribution >= 4 is 11.6 Å². The third-order valence-corrected chi connectivity index (χ3v) is 1.39. The summed E-state index contributed by atoms with van der Waals surface area (Å²) in [5, 5.41) is 0. The molecule has 0 aliphatic rings. The molecular formula is C9H11Cl. The molecule has 0 aliphatic heterocycles. The molecule has 0 N–H and O–H groups in total. The lowest BCUT2D eigenvalue weighted by atomic mass is 10.0. The second-order valence-electron chi connectivity index (χ2n) is 2.02. The molecule has 0 saturated heterocycles. The van der Waals surface area contributed by atoms with E-state index in [1.807, 2.05) is 0 Å². The summed E-state index contributed by atoms with van der Waals surface area (Å²) in [4.78, 5) is -2.36. The van der Waals surface area contributed by atoms with Crippen molar-refractivity contribution in [1.82, 2.24) is 0 Å². The van der Waals surface area contributed by atoms with Crippen molar-refractivity contribution in [1.29, 1.82) is 0 Å². The maximum absolute atomic E-state index is 7.32. The summed E-state index contributed by atoms with van der Waals surface area (Å²) in [6.07, 6.45) is 0. The normalized spacial score (nSPS) is 22.9. The van der Waals surface area contributed by atoms with Crippen LogP contribution in [0.3, 0.4) is 0 Å². The molecule has 0 radical (unpaired) electrons. The summed E-state index contributed by atoms with van der Waals surface area (Å²) in [7, 11) is 0. The van der Waals surface area contributed by atoms with Crippen molar-refractivity contribution in [3.05, 3.63) is 35.9 Å². The van der Waals surface area contributed by atoms with Gasteiger partial charge in [-0.25, -0.2) is 0 Å². The Balaban J connectivity index is 3.39. The number of rotatable bonds is 1. The molecule has 0 aromatic heterocycles. The zero-order valence-corrected chi connectivity index (χ0v) is 6.02. The van der Waals surface area contributed by atoms with Crippen molar-refractivity contribution in [2.24, 2.45) is 0 Å². The van der Waals surface area contributed by atoms with Crippen LogP contribution in [-0.2, 0) is 4.87 Å². The first-order chi connectivity index (χ1) is 7.11. The van der Waals surface area contributed by atoms with Gasteiger partial charge in [0.2, 0.25) is 0 Å². The lowest BCUT2D eigenvalue weighted by Crippen LogP contribution is -2.06. The minimum atomic E-state index is -2.80. The highest BCUT2D eigenvalue weighted by atomic mass is 35.5. The topological polar surface area (TPSA) is 0 Å². The lowest BCUT2D eigenvalue weighted by Gasteiger charge is -2.15. The van der Waals surface area contributed by atoms with Crippen LogP contribution in [0.5, 0.6) is 0 Å². The van der Waals surface area contributed by atoms with E-state index in [0.29, 0.717) is 0 Å². The standard InChI is InChI=1S/C9H11Cl/c1-9(2,10)8-6-4-3-5-7-8/h3-7H,1-2H3/i1D3,2D3. The van der Waals surface area contributed by atoms with Gasteiger partial charge in [0.05, 0.1) is 4.87 Å². The molecule has 0 heterocycles. The van der Waals surface area contributed by atoms with Crippen LogP contribution >= 0.6 is 11.6 Å². The van der Waals surface area contributed by atoms with Crippen LogP contribution in [0.4, 0.5) is 0 Å². The van der Waals surface area contributed by atoms with Crippen LogP contribution in [0.15, 0.2) is 30.3 Å². The summed E-state index contributed by atoms with van der Waals surface area (Å²) in [5.74, 6) is 0. The van der Waals surface area contributed by atoms with Crippen molar-refractivity contribution in [2.75, 3.05) is 0 Å². The van der Waals surface area contributed by atoms with E-state index in [9.17, 15) is 0 Å². The van der Waals surface area contributed by atoms with Gasteiger partial charge in [0.25, 0.3) is 0 Å². The average Bonchev–Trinajstić information content (AvgIpc) is 2.14. The van der Waals surface area contributed by atoms with Gasteiger partial charge in [-0.05, 0) is 19.3 Å². The predicted molar refractivity (Wildman–Crippen MR) is 45.3 cm³/mol. The molecule has 0 fully saturated rings. The fourth-order valence-corrected chi connectivity index (χ4v) is 0.794. The van der Waals surface area contributed by atoms with Crippen LogP contribution in [0, 0.1) is 0 Å². The maximum Gasteiger partial charge on any atom is 0.0638 e. The van der Waals surface area contributed by atoms with E-state index >= 15 is 0 Å². The number of hydrogen-bond acceptors (Lipinski definition) is 0. The summed E-state index contributed by atoms with van der Waals surface area (Å²) >= 11 is 5.89. The predicted octanol–water partition coefficient (Wildman–Crippen LogP) is 3.16. The third kappa shape index (κ3) is 1.74. The van der Waals surface area contributed by atoms with Gasteiger partial charge >= 0.3 is 0 Å². The molecule has 1 heteroatoms. The highest BCUT2D eigenvalue weighted by molar-refractivity contribution is 6.23. The number of halogens is 1. The molecular weight excluding hydrogens is 144 g/mol. The largest absolute Gasteiger partial charge is 0.115 e. The zero-order chi connectivity index (χ0) is 12.6. The minimum absolute atomic E-state index is 0.0802. The monoisotopic (exact) mass is 160 g/mol. The molecule has 0 atom stereocenters. The molecule has 1 rings (SSSR count). The Kier molecular flexibility index (Phi) is 0.753. The number of hydrogen-bond donors (Lipinski definition) is 0.